The Labute approximate surface area is 100 Å². The minimum atomic E-state index is 0.562. The van der Waals surface area contributed by atoms with Crippen molar-refractivity contribution < 1.29 is 4.74 Å². The summed E-state index contributed by atoms with van der Waals surface area (Å²) >= 11 is 0. The lowest BCUT2D eigenvalue weighted by Gasteiger charge is -2.30. The van der Waals surface area contributed by atoms with Gasteiger partial charge in [-0.1, -0.05) is 19.3 Å². The van der Waals surface area contributed by atoms with E-state index in [4.69, 9.17) is 4.74 Å². The number of ether oxygens (including phenoxy) is 1. The van der Waals surface area contributed by atoms with E-state index in [2.05, 4.69) is 12.4 Å². The highest BCUT2D eigenvalue weighted by molar-refractivity contribution is 4.76. The van der Waals surface area contributed by atoms with Crippen LogP contribution < -0.4 is 5.32 Å². The molecular weight excluding hydrogens is 198 g/mol. The number of nitrogens with one attached hydrogen (secondary N) is 1. The smallest absolute Gasteiger partial charge is 0.0576 e. The molecule has 2 aliphatic rings. The summed E-state index contributed by atoms with van der Waals surface area (Å²) in [5.74, 6) is 0.871. The van der Waals surface area contributed by atoms with E-state index in [-0.39, 0.29) is 0 Å². The van der Waals surface area contributed by atoms with Crippen molar-refractivity contribution in [3.05, 3.63) is 0 Å². The van der Waals surface area contributed by atoms with Gasteiger partial charge in [0.25, 0.3) is 0 Å². The van der Waals surface area contributed by atoms with Gasteiger partial charge in [0.1, 0.15) is 0 Å². The van der Waals surface area contributed by atoms with E-state index in [1.165, 1.54) is 57.8 Å². The van der Waals surface area contributed by atoms with Gasteiger partial charge in [0.05, 0.1) is 6.10 Å². The second-order valence-corrected chi connectivity index (χ2v) is 5.60. The Morgan fingerprint density at radius 3 is 2.25 bits per heavy atom. The van der Waals surface area contributed by atoms with Crippen LogP contribution in [0.2, 0.25) is 0 Å². The Morgan fingerprint density at radius 1 is 0.938 bits per heavy atom. The fraction of sp³-hybridized carbons (Fsp3) is 1.00. The molecule has 0 spiro atoms. The predicted molar refractivity (Wildman–Crippen MR) is 67.6 cm³/mol. The lowest BCUT2D eigenvalue weighted by molar-refractivity contribution is -0.00287. The van der Waals surface area contributed by atoms with Crippen LogP contribution in [0.5, 0.6) is 0 Å². The number of hydrogen-bond donors (Lipinski definition) is 1. The van der Waals surface area contributed by atoms with Crippen molar-refractivity contribution in [2.75, 3.05) is 13.7 Å². The summed E-state index contributed by atoms with van der Waals surface area (Å²) < 4.78 is 6.09. The quantitative estimate of drug-likeness (QED) is 0.794. The molecule has 0 heterocycles. The number of hydrogen-bond acceptors (Lipinski definition) is 2. The van der Waals surface area contributed by atoms with E-state index >= 15 is 0 Å². The highest BCUT2D eigenvalue weighted by atomic mass is 16.5. The second kappa shape index (κ2) is 6.61. The molecule has 0 aromatic rings. The SMILES string of the molecule is CNC1CCC(OCC2CCCCC2)CC1. The van der Waals surface area contributed by atoms with Crippen molar-refractivity contribution in [3.63, 3.8) is 0 Å². The summed E-state index contributed by atoms with van der Waals surface area (Å²) in [4.78, 5) is 0. The van der Waals surface area contributed by atoms with E-state index in [9.17, 15) is 0 Å². The largest absolute Gasteiger partial charge is 0.378 e. The van der Waals surface area contributed by atoms with E-state index in [0.29, 0.717) is 6.10 Å². The molecule has 94 valence electrons. The van der Waals surface area contributed by atoms with Gasteiger partial charge in [-0.25, -0.2) is 0 Å². The first-order valence-electron chi connectivity index (χ1n) is 7.17. The Kier molecular flexibility index (Phi) is 5.11. The third kappa shape index (κ3) is 3.74. The fourth-order valence-corrected chi connectivity index (χ4v) is 3.14. The first-order valence-corrected chi connectivity index (χ1v) is 7.17. The van der Waals surface area contributed by atoms with E-state index < -0.39 is 0 Å². The molecule has 0 aromatic carbocycles. The third-order valence-electron chi connectivity index (χ3n) is 4.37. The van der Waals surface area contributed by atoms with E-state index in [1.54, 1.807) is 0 Å². The maximum absolute atomic E-state index is 6.09. The van der Waals surface area contributed by atoms with Crippen LogP contribution in [-0.2, 0) is 4.74 Å². The van der Waals surface area contributed by atoms with Gasteiger partial charge in [0, 0.05) is 12.6 Å². The maximum atomic E-state index is 6.09. The van der Waals surface area contributed by atoms with Crippen LogP contribution in [0.4, 0.5) is 0 Å². The zero-order valence-corrected chi connectivity index (χ0v) is 10.7. The molecule has 2 nitrogen and oxygen atoms in total. The molecule has 2 aliphatic carbocycles. The lowest BCUT2D eigenvalue weighted by Crippen LogP contribution is -2.33. The highest BCUT2D eigenvalue weighted by Crippen LogP contribution is 2.26. The number of rotatable bonds is 4. The van der Waals surface area contributed by atoms with Crippen LogP contribution in [0, 0.1) is 5.92 Å². The molecule has 2 heteroatoms. The average Bonchev–Trinajstić information content (AvgIpc) is 2.38. The van der Waals surface area contributed by atoms with Crippen LogP contribution >= 0.6 is 0 Å². The molecule has 0 aliphatic heterocycles. The molecule has 0 aromatic heterocycles. The molecule has 1 N–H and O–H groups in total. The first-order chi connectivity index (χ1) is 7.88. The molecule has 0 saturated heterocycles. The van der Waals surface area contributed by atoms with Crippen LogP contribution in [0.15, 0.2) is 0 Å². The van der Waals surface area contributed by atoms with Crippen molar-refractivity contribution in [2.24, 2.45) is 5.92 Å². The molecule has 16 heavy (non-hydrogen) atoms. The summed E-state index contributed by atoms with van der Waals surface area (Å²) in [6.45, 7) is 1.04. The van der Waals surface area contributed by atoms with E-state index in [1.807, 2.05) is 0 Å². The normalized spacial score (nSPS) is 32.8. The standard InChI is InChI=1S/C14H27NO/c1-15-13-7-9-14(10-8-13)16-11-12-5-3-2-4-6-12/h12-15H,2-11H2,1H3. The van der Waals surface area contributed by atoms with Crippen molar-refractivity contribution in [3.8, 4) is 0 Å². The summed E-state index contributed by atoms with van der Waals surface area (Å²) in [6.07, 6.45) is 12.8. The van der Waals surface area contributed by atoms with Crippen LogP contribution in [-0.4, -0.2) is 25.8 Å². The van der Waals surface area contributed by atoms with Crippen LogP contribution in [0.1, 0.15) is 57.8 Å². The van der Waals surface area contributed by atoms with Gasteiger partial charge in [-0.15, -0.1) is 0 Å². The lowest BCUT2D eigenvalue weighted by atomic mass is 9.89. The fourth-order valence-electron chi connectivity index (χ4n) is 3.14. The third-order valence-corrected chi connectivity index (χ3v) is 4.37. The second-order valence-electron chi connectivity index (χ2n) is 5.60. The van der Waals surface area contributed by atoms with Gasteiger partial charge < -0.3 is 10.1 Å². The zero-order valence-electron chi connectivity index (χ0n) is 10.7. The summed E-state index contributed by atoms with van der Waals surface area (Å²) in [6, 6.07) is 0.745. The van der Waals surface area contributed by atoms with Gasteiger partial charge in [0.15, 0.2) is 0 Å². The molecule has 0 atom stereocenters. The Morgan fingerprint density at radius 2 is 1.62 bits per heavy atom. The van der Waals surface area contributed by atoms with Crippen molar-refractivity contribution in [1.29, 1.82) is 0 Å². The minimum absolute atomic E-state index is 0.562. The summed E-state index contributed by atoms with van der Waals surface area (Å²) in [5, 5.41) is 3.37. The monoisotopic (exact) mass is 225 g/mol. The van der Waals surface area contributed by atoms with Gasteiger partial charge in [0.2, 0.25) is 0 Å². The summed E-state index contributed by atoms with van der Waals surface area (Å²) in [7, 11) is 2.08. The van der Waals surface area contributed by atoms with Gasteiger partial charge in [-0.05, 0) is 51.5 Å². The topological polar surface area (TPSA) is 21.3 Å². The highest BCUT2D eigenvalue weighted by Gasteiger charge is 2.22. The van der Waals surface area contributed by atoms with Gasteiger partial charge in [-0.3, -0.25) is 0 Å². The molecular formula is C14H27NO. The molecule has 0 bridgehead atoms. The Bertz CT molecular complexity index is 181. The molecule has 2 fully saturated rings. The molecule has 0 radical (unpaired) electrons. The van der Waals surface area contributed by atoms with Crippen molar-refractivity contribution in [2.45, 2.75) is 69.9 Å². The van der Waals surface area contributed by atoms with Crippen LogP contribution in [0.25, 0.3) is 0 Å². The van der Waals surface area contributed by atoms with Gasteiger partial charge in [-0.2, -0.15) is 0 Å². The molecule has 0 amide bonds. The van der Waals surface area contributed by atoms with Gasteiger partial charge >= 0.3 is 0 Å². The zero-order chi connectivity index (χ0) is 11.2. The predicted octanol–water partition coefficient (Wildman–Crippen LogP) is 3.11. The van der Waals surface area contributed by atoms with E-state index in [0.717, 1.165) is 18.6 Å². The Balaban J connectivity index is 1.59. The first kappa shape index (κ1) is 12.4. The van der Waals surface area contributed by atoms with Crippen LogP contribution in [0.3, 0.4) is 0 Å². The van der Waals surface area contributed by atoms with Crippen molar-refractivity contribution >= 4 is 0 Å². The Hall–Kier alpha value is -0.0800. The maximum Gasteiger partial charge on any atom is 0.0576 e. The van der Waals surface area contributed by atoms with Crippen molar-refractivity contribution in [1.82, 2.24) is 5.32 Å². The average molecular weight is 225 g/mol. The minimum Gasteiger partial charge on any atom is -0.378 e. The molecule has 0 unspecified atom stereocenters. The molecule has 2 rings (SSSR count). The summed E-state index contributed by atoms with van der Waals surface area (Å²) in [5.41, 5.74) is 0. The molecule has 2 saturated carbocycles.